The highest BCUT2D eigenvalue weighted by Gasteiger charge is 2.12. The highest BCUT2D eigenvalue weighted by Crippen LogP contribution is 2.21. The van der Waals surface area contributed by atoms with Gasteiger partial charge in [-0.2, -0.15) is 0 Å². The number of ether oxygens (including phenoxy) is 1. The molecule has 0 radical (unpaired) electrons. The lowest BCUT2D eigenvalue weighted by Gasteiger charge is -2.09. The van der Waals surface area contributed by atoms with Crippen molar-refractivity contribution in [1.82, 2.24) is 9.78 Å². The molecule has 0 saturated carbocycles. The van der Waals surface area contributed by atoms with Gasteiger partial charge in [-0.05, 0) is 24.3 Å². The molecule has 0 fully saturated rings. The predicted molar refractivity (Wildman–Crippen MR) is 95.1 cm³/mol. The number of carbonyl (C=O) groups is 1. The van der Waals surface area contributed by atoms with Gasteiger partial charge in [-0.3, -0.25) is 19.5 Å². The van der Waals surface area contributed by atoms with Crippen molar-refractivity contribution in [3.63, 3.8) is 0 Å². The van der Waals surface area contributed by atoms with Crippen molar-refractivity contribution in [2.45, 2.75) is 13.2 Å². The molecular weight excluding hydrogens is 367 g/mol. The van der Waals surface area contributed by atoms with E-state index in [9.17, 15) is 14.4 Å². The Balaban J connectivity index is 1.77. The average Bonchev–Trinajstić information content (AvgIpc) is 2.59. The molecule has 128 valence electrons. The first kappa shape index (κ1) is 17.3. The maximum absolute atomic E-state index is 12.3. The topological polar surface area (TPSA) is 81.2 Å². The van der Waals surface area contributed by atoms with Crippen LogP contribution < -0.4 is 11.1 Å². The Kier molecular flexibility index (Phi) is 4.92. The zero-order valence-electron chi connectivity index (χ0n) is 12.8. The molecule has 3 rings (SSSR count). The summed E-state index contributed by atoms with van der Waals surface area (Å²) in [5.41, 5.74) is -0.348. The number of esters is 1. The molecule has 1 aromatic heterocycles. The monoisotopic (exact) mass is 378 g/mol. The van der Waals surface area contributed by atoms with Crippen molar-refractivity contribution in [3.05, 3.63) is 78.8 Å². The molecule has 6 nitrogen and oxygen atoms in total. The van der Waals surface area contributed by atoms with Gasteiger partial charge in [0.1, 0.15) is 13.2 Å². The normalized spacial score (nSPS) is 10.8. The molecule has 3 aromatic rings. The molecule has 0 amide bonds. The number of hydrogen-bond donors (Lipinski definition) is 1. The van der Waals surface area contributed by atoms with Crippen molar-refractivity contribution in [3.8, 4) is 0 Å². The van der Waals surface area contributed by atoms with Crippen LogP contribution in [0.1, 0.15) is 5.56 Å². The van der Waals surface area contributed by atoms with Crippen LogP contribution in [-0.2, 0) is 22.7 Å². The molecule has 0 aliphatic rings. The number of aromatic nitrogens is 2. The first-order valence-electron chi connectivity index (χ1n) is 7.27. The molecule has 25 heavy (non-hydrogen) atoms. The lowest BCUT2D eigenvalue weighted by atomic mass is 10.2. The number of nitrogens with one attached hydrogen (secondary N) is 1. The summed E-state index contributed by atoms with van der Waals surface area (Å²) in [6.07, 6.45) is 0. The fourth-order valence-electron chi connectivity index (χ4n) is 2.33. The Morgan fingerprint density at radius 2 is 1.80 bits per heavy atom. The quantitative estimate of drug-likeness (QED) is 0.707. The smallest absolute Gasteiger partial charge is 0.328 e. The summed E-state index contributed by atoms with van der Waals surface area (Å²) >= 11 is 11.8. The van der Waals surface area contributed by atoms with E-state index in [1.807, 2.05) is 0 Å². The molecule has 0 bridgehead atoms. The van der Waals surface area contributed by atoms with E-state index in [4.69, 9.17) is 27.9 Å². The van der Waals surface area contributed by atoms with Gasteiger partial charge in [0.2, 0.25) is 0 Å². The maximum Gasteiger partial charge on any atom is 0.328 e. The van der Waals surface area contributed by atoms with E-state index in [-0.39, 0.29) is 17.4 Å². The number of halogens is 2. The largest absolute Gasteiger partial charge is 0.459 e. The Morgan fingerprint density at radius 3 is 2.52 bits per heavy atom. The van der Waals surface area contributed by atoms with E-state index in [1.165, 1.54) is 12.1 Å². The van der Waals surface area contributed by atoms with Gasteiger partial charge >= 0.3 is 5.97 Å². The highest BCUT2D eigenvalue weighted by atomic mass is 35.5. The number of hydrogen-bond acceptors (Lipinski definition) is 4. The van der Waals surface area contributed by atoms with Gasteiger partial charge in [0.25, 0.3) is 11.1 Å². The fourth-order valence-corrected chi connectivity index (χ4v) is 2.79. The molecule has 8 heteroatoms. The lowest BCUT2D eigenvalue weighted by molar-refractivity contribution is -0.146. The van der Waals surface area contributed by atoms with E-state index >= 15 is 0 Å². The molecule has 2 aromatic carbocycles. The third-order valence-electron chi connectivity index (χ3n) is 3.57. The third-order valence-corrected chi connectivity index (χ3v) is 4.16. The molecular formula is C17H12Cl2N2O4. The summed E-state index contributed by atoms with van der Waals surface area (Å²) in [6, 6.07) is 11.2. The van der Waals surface area contributed by atoms with Gasteiger partial charge in [-0.15, -0.1) is 0 Å². The van der Waals surface area contributed by atoms with Crippen LogP contribution in [0.3, 0.4) is 0 Å². The predicted octanol–water partition coefficient (Wildman–Crippen LogP) is 2.74. The summed E-state index contributed by atoms with van der Waals surface area (Å²) in [7, 11) is 0. The average molecular weight is 379 g/mol. The first-order chi connectivity index (χ1) is 12.0. The van der Waals surface area contributed by atoms with Gasteiger partial charge in [-0.1, -0.05) is 41.4 Å². The lowest BCUT2D eigenvalue weighted by Crippen LogP contribution is -2.32. The minimum atomic E-state index is -0.681. The minimum Gasteiger partial charge on any atom is -0.459 e. The summed E-state index contributed by atoms with van der Waals surface area (Å²) < 4.78 is 6.04. The van der Waals surface area contributed by atoms with Gasteiger partial charge in [0.05, 0.1) is 10.8 Å². The molecule has 0 aliphatic carbocycles. The molecule has 1 N–H and O–H groups in total. The molecule has 1 heterocycles. The van der Waals surface area contributed by atoms with E-state index in [2.05, 4.69) is 5.10 Å². The van der Waals surface area contributed by atoms with E-state index < -0.39 is 23.6 Å². The molecule has 0 unspecified atom stereocenters. The first-order valence-corrected chi connectivity index (χ1v) is 8.02. The maximum atomic E-state index is 12.3. The third kappa shape index (κ3) is 3.75. The second-order valence-electron chi connectivity index (χ2n) is 5.27. The highest BCUT2D eigenvalue weighted by molar-refractivity contribution is 6.35. The summed E-state index contributed by atoms with van der Waals surface area (Å²) in [5.74, 6) is -0.681. The van der Waals surface area contributed by atoms with Crippen molar-refractivity contribution in [1.29, 1.82) is 0 Å². The van der Waals surface area contributed by atoms with Crippen LogP contribution in [0.2, 0.25) is 10.0 Å². The van der Waals surface area contributed by atoms with Crippen LogP contribution in [0.25, 0.3) is 10.8 Å². The van der Waals surface area contributed by atoms with Gasteiger partial charge in [-0.25, -0.2) is 4.68 Å². The van der Waals surface area contributed by atoms with Crippen molar-refractivity contribution < 1.29 is 9.53 Å². The number of nitrogens with zero attached hydrogens (tertiary/aromatic N) is 1. The zero-order chi connectivity index (χ0) is 18.0. The van der Waals surface area contributed by atoms with Gasteiger partial charge in [0, 0.05) is 15.6 Å². The number of fused-ring (bicyclic) bond motifs is 1. The number of carbonyl (C=O) groups excluding carboxylic acids is 1. The number of rotatable bonds is 4. The standard InChI is InChI=1S/C17H12Cl2N2O4/c18-11-6-5-10(14(19)7-11)9-25-15(22)8-21-17(24)13-4-2-1-3-12(13)16(23)20-21/h1-7H,8-9H2,(H,20,23). The Hall–Kier alpha value is -2.57. The van der Waals surface area contributed by atoms with Gasteiger partial charge in [0.15, 0.2) is 0 Å². The van der Waals surface area contributed by atoms with Crippen molar-refractivity contribution in [2.75, 3.05) is 0 Å². The van der Waals surface area contributed by atoms with Crippen LogP contribution in [0.4, 0.5) is 0 Å². The van der Waals surface area contributed by atoms with Crippen LogP contribution in [0, 0.1) is 0 Å². The zero-order valence-corrected chi connectivity index (χ0v) is 14.3. The van der Waals surface area contributed by atoms with Crippen LogP contribution >= 0.6 is 23.2 Å². The van der Waals surface area contributed by atoms with Crippen molar-refractivity contribution >= 4 is 39.9 Å². The van der Waals surface area contributed by atoms with Gasteiger partial charge < -0.3 is 4.74 Å². The SMILES string of the molecule is O=C(Cn1[nH]c(=O)c2ccccc2c1=O)OCc1ccc(Cl)cc1Cl. The summed E-state index contributed by atoms with van der Waals surface area (Å²) in [6.45, 7) is -0.481. The second kappa shape index (κ2) is 7.13. The summed E-state index contributed by atoms with van der Waals surface area (Å²) in [4.78, 5) is 36.3. The summed E-state index contributed by atoms with van der Waals surface area (Å²) in [5, 5.41) is 3.72. The van der Waals surface area contributed by atoms with Crippen molar-refractivity contribution in [2.24, 2.45) is 0 Å². The number of aromatic amines is 1. The molecule has 0 spiro atoms. The molecule has 0 aliphatic heterocycles. The van der Waals surface area contributed by atoms with E-state index in [0.29, 0.717) is 15.6 Å². The van der Waals surface area contributed by atoms with Crippen LogP contribution in [0.15, 0.2) is 52.1 Å². The minimum absolute atomic E-state index is 0.0681. The van der Waals surface area contributed by atoms with Crippen LogP contribution in [-0.4, -0.2) is 15.7 Å². The Morgan fingerprint density at radius 1 is 1.08 bits per heavy atom. The second-order valence-corrected chi connectivity index (χ2v) is 6.12. The number of H-pyrrole nitrogens is 1. The Bertz CT molecular complexity index is 1070. The molecule has 0 saturated heterocycles. The Labute approximate surface area is 151 Å². The van der Waals surface area contributed by atoms with Crippen LogP contribution in [0.5, 0.6) is 0 Å². The fraction of sp³-hybridized carbons (Fsp3) is 0.118. The molecule has 0 atom stereocenters. The van der Waals surface area contributed by atoms with E-state index in [0.717, 1.165) is 4.68 Å². The van der Waals surface area contributed by atoms with E-state index in [1.54, 1.807) is 30.3 Å². The number of benzene rings is 2.